The summed E-state index contributed by atoms with van der Waals surface area (Å²) in [6, 6.07) is 5.93. The molecule has 0 unspecified atom stereocenters. The summed E-state index contributed by atoms with van der Waals surface area (Å²) in [5.41, 5.74) is 0.189. The minimum absolute atomic E-state index is 0.0449. The van der Waals surface area contributed by atoms with Crippen molar-refractivity contribution in [2.75, 3.05) is 20.2 Å². The number of amides is 1. The van der Waals surface area contributed by atoms with Crippen molar-refractivity contribution in [3.63, 3.8) is 0 Å². The summed E-state index contributed by atoms with van der Waals surface area (Å²) in [5.74, 6) is -0.624. The summed E-state index contributed by atoms with van der Waals surface area (Å²) in [6.45, 7) is 2.45. The number of nitrogens with zero attached hydrogens (tertiary/aromatic N) is 1. The molecule has 1 amide bonds. The molecular weight excluding hydrogens is 222 g/mol. The minimum Gasteiger partial charge on any atom is -0.484 e. The van der Waals surface area contributed by atoms with Crippen LogP contribution in [0.2, 0.25) is 0 Å². The van der Waals surface area contributed by atoms with Crippen molar-refractivity contribution < 1.29 is 19.4 Å². The highest BCUT2D eigenvalue weighted by molar-refractivity contribution is 5.87. The van der Waals surface area contributed by atoms with E-state index in [4.69, 9.17) is 9.84 Å². The van der Waals surface area contributed by atoms with Gasteiger partial charge in [0.15, 0.2) is 6.61 Å². The van der Waals surface area contributed by atoms with Crippen LogP contribution in [-0.2, 0) is 4.79 Å². The van der Waals surface area contributed by atoms with Crippen LogP contribution in [0.1, 0.15) is 17.3 Å². The number of hydrogen-bond acceptors (Lipinski definition) is 3. The van der Waals surface area contributed by atoms with Crippen LogP contribution in [0.3, 0.4) is 0 Å². The molecule has 0 radical (unpaired) electrons. The molecule has 0 spiro atoms. The minimum atomic E-state index is -0.988. The first kappa shape index (κ1) is 13.0. The second-order valence-electron chi connectivity index (χ2n) is 3.53. The molecule has 17 heavy (non-hydrogen) atoms. The monoisotopic (exact) mass is 237 g/mol. The van der Waals surface area contributed by atoms with Crippen molar-refractivity contribution in [3.8, 4) is 5.75 Å². The second-order valence-corrected chi connectivity index (χ2v) is 3.53. The maximum atomic E-state index is 11.4. The SMILES string of the molecule is CCN(C)C(=O)COc1ccc(C(=O)O)cc1. The van der Waals surface area contributed by atoms with Crippen molar-refractivity contribution in [2.24, 2.45) is 0 Å². The molecule has 1 aromatic carbocycles. The lowest BCUT2D eigenvalue weighted by Gasteiger charge is -2.14. The van der Waals surface area contributed by atoms with Crippen LogP contribution in [-0.4, -0.2) is 42.1 Å². The highest BCUT2D eigenvalue weighted by Crippen LogP contribution is 2.12. The third-order valence-electron chi connectivity index (χ3n) is 2.36. The van der Waals surface area contributed by atoms with E-state index >= 15 is 0 Å². The van der Waals surface area contributed by atoms with Gasteiger partial charge in [0.25, 0.3) is 5.91 Å². The lowest BCUT2D eigenvalue weighted by Crippen LogP contribution is -2.31. The Kier molecular flexibility index (Phi) is 4.51. The molecule has 0 fully saturated rings. The molecule has 0 saturated carbocycles. The lowest BCUT2D eigenvalue weighted by molar-refractivity contribution is -0.131. The number of carboxylic acid groups (broad SMARTS) is 1. The predicted octanol–water partition coefficient (Wildman–Crippen LogP) is 1.24. The Bertz CT molecular complexity index is 399. The van der Waals surface area contributed by atoms with Gasteiger partial charge in [0, 0.05) is 13.6 Å². The van der Waals surface area contributed by atoms with Crippen LogP contribution < -0.4 is 4.74 Å². The highest BCUT2D eigenvalue weighted by Gasteiger charge is 2.07. The summed E-state index contributed by atoms with van der Waals surface area (Å²) in [7, 11) is 1.69. The molecule has 92 valence electrons. The number of carbonyl (C=O) groups excluding carboxylic acids is 1. The Morgan fingerprint density at radius 3 is 2.35 bits per heavy atom. The first-order valence-corrected chi connectivity index (χ1v) is 5.24. The van der Waals surface area contributed by atoms with Crippen LogP contribution in [0.15, 0.2) is 24.3 Å². The molecule has 5 nitrogen and oxygen atoms in total. The quantitative estimate of drug-likeness (QED) is 0.836. The number of benzene rings is 1. The molecule has 0 saturated heterocycles. The van der Waals surface area contributed by atoms with Crippen LogP contribution in [0, 0.1) is 0 Å². The van der Waals surface area contributed by atoms with E-state index in [-0.39, 0.29) is 18.1 Å². The number of aromatic carboxylic acids is 1. The third kappa shape index (κ3) is 3.79. The number of rotatable bonds is 5. The summed E-state index contributed by atoms with van der Waals surface area (Å²) in [5, 5.41) is 8.70. The molecule has 0 bridgehead atoms. The van der Waals surface area contributed by atoms with E-state index in [9.17, 15) is 9.59 Å². The van der Waals surface area contributed by atoms with Gasteiger partial charge in [0.05, 0.1) is 5.56 Å². The van der Waals surface area contributed by atoms with Crippen molar-refractivity contribution >= 4 is 11.9 Å². The fraction of sp³-hybridized carbons (Fsp3) is 0.333. The largest absolute Gasteiger partial charge is 0.484 e. The second kappa shape index (κ2) is 5.89. The standard InChI is InChI=1S/C12H15NO4/c1-3-13(2)11(14)8-17-10-6-4-9(5-7-10)12(15)16/h4-7H,3,8H2,1-2H3,(H,15,16). The van der Waals surface area contributed by atoms with E-state index < -0.39 is 5.97 Å². The third-order valence-corrected chi connectivity index (χ3v) is 2.36. The zero-order chi connectivity index (χ0) is 12.8. The van der Waals surface area contributed by atoms with Gasteiger partial charge < -0.3 is 14.7 Å². The fourth-order valence-corrected chi connectivity index (χ4v) is 1.13. The smallest absolute Gasteiger partial charge is 0.335 e. The van der Waals surface area contributed by atoms with E-state index in [2.05, 4.69) is 0 Å². The maximum Gasteiger partial charge on any atom is 0.335 e. The average Bonchev–Trinajstić information content (AvgIpc) is 2.35. The van der Waals surface area contributed by atoms with E-state index in [0.717, 1.165) is 0 Å². The summed E-state index contributed by atoms with van der Waals surface area (Å²) in [6.07, 6.45) is 0. The maximum absolute atomic E-state index is 11.4. The number of ether oxygens (including phenoxy) is 1. The zero-order valence-corrected chi connectivity index (χ0v) is 9.84. The highest BCUT2D eigenvalue weighted by atomic mass is 16.5. The van der Waals surface area contributed by atoms with Gasteiger partial charge in [-0.3, -0.25) is 4.79 Å². The predicted molar refractivity (Wildman–Crippen MR) is 62.2 cm³/mol. The summed E-state index contributed by atoms with van der Waals surface area (Å²) in [4.78, 5) is 23.6. The Labute approximate surface area is 99.6 Å². The fourth-order valence-electron chi connectivity index (χ4n) is 1.13. The van der Waals surface area contributed by atoms with Gasteiger partial charge >= 0.3 is 5.97 Å². The molecule has 5 heteroatoms. The van der Waals surface area contributed by atoms with Gasteiger partial charge in [-0.25, -0.2) is 4.79 Å². The number of likely N-dealkylation sites (N-methyl/N-ethyl adjacent to an activating group) is 1. The zero-order valence-electron chi connectivity index (χ0n) is 9.84. The normalized spacial score (nSPS) is 9.76. The van der Waals surface area contributed by atoms with Crippen LogP contribution >= 0.6 is 0 Å². The molecule has 1 N–H and O–H groups in total. The van der Waals surface area contributed by atoms with E-state index in [1.54, 1.807) is 11.9 Å². The molecule has 0 aromatic heterocycles. The molecule has 0 aliphatic carbocycles. The van der Waals surface area contributed by atoms with Crippen LogP contribution in [0.25, 0.3) is 0 Å². The number of hydrogen-bond donors (Lipinski definition) is 1. The van der Waals surface area contributed by atoms with Gasteiger partial charge in [-0.1, -0.05) is 0 Å². The van der Waals surface area contributed by atoms with Gasteiger partial charge in [-0.2, -0.15) is 0 Å². The first-order chi connectivity index (χ1) is 8.04. The van der Waals surface area contributed by atoms with Gasteiger partial charge in [0.2, 0.25) is 0 Å². The molecule has 0 heterocycles. The average molecular weight is 237 g/mol. The topological polar surface area (TPSA) is 66.8 Å². The molecule has 0 aliphatic heterocycles. The summed E-state index contributed by atoms with van der Waals surface area (Å²) < 4.78 is 5.24. The van der Waals surface area contributed by atoms with Gasteiger partial charge in [-0.15, -0.1) is 0 Å². The molecule has 0 atom stereocenters. The Balaban J connectivity index is 2.53. The van der Waals surface area contributed by atoms with Crippen molar-refractivity contribution in [1.29, 1.82) is 0 Å². The molecule has 0 aliphatic rings. The van der Waals surface area contributed by atoms with E-state index in [1.165, 1.54) is 24.3 Å². The Morgan fingerprint density at radius 1 is 1.29 bits per heavy atom. The van der Waals surface area contributed by atoms with Crippen LogP contribution in [0.4, 0.5) is 0 Å². The summed E-state index contributed by atoms with van der Waals surface area (Å²) >= 11 is 0. The molecule has 1 rings (SSSR count). The van der Waals surface area contributed by atoms with Crippen molar-refractivity contribution in [3.05, 3.63) is 29.8 Å². The van der Waals surface area contributed by atoms with Gasteiger partial charge in [0.1, 0.15) is 5.75 Å². The van der Waals surface area contributed by atoms with Crippen LogP contribution in [0.5, 0.6) is 5.75 Å². The Morgan fingerprint density at radius 2 is 1.88 bits per heavy atom. The van der Waals surface area contributed by atoms with E-state index in [0.29, 0.717) is 12.3 Å². The van der Waals surface area contributed by atoms with Gasteiger partial charge in [-0.05, 0) is 31.2 Å². The number of carboxylic acids is 1. The number of carbonyl (C=O) groups is 2. The molecule has 1 aromatic rings. The van der Waals surface area contributed by atoms with E-state index in [1.807, 2.05) is 6.92 Å². The lowest BCUT2D eigenvalue weighted by atomic mass is 10.2. The van der Waals surface area contributed by atoms with Crippen molar-refractivity contribution in [1.82, 2.24) is 4.90 Å². The van der Waals surface area contributed by atoms with Crippen molar-refractivity contribution in [2.45, 2.75) is 6.92 Å². The Hall–Kier alpha value is -2.04. The first-order valence-electron chi connectivity index (χ1n) is 5.24. The molecular formula is C12H15NO4.